The molecule has 0 aliphatic carbocycles. The van der Waals surface area contributed by atoms with Gasteiger partial charge in [-0.15, -0.1) is 0 Å². The zero-order valence-electron chi connectivity index (χ0n) is 20.0. The van der Waals surface area contributed by atoms with Crippen LogP contribution in [0.25, 0.3) is 10.9 Å². The van der Waals surface area contributed by atoms with Crippen LogP contribution in [0.15, 0.2) is 79.0 Å². The first kappa shape index (κ1) is 25.3. The van der Waals surface area contributed by atoms with Crippen LogP contribution in [-0.2, 0) is 21.5 Å². The zero-order chi connectivity index (χ0) is 25.7. The van der Waals surface area contributed by atoms with Gasteiger partial charge in [-0.3, -0.25) is 9.59 Å². The van der Waals surface area contributed by atoms with E-state index in [9.17, 15) is 9.59 Å². The summed E-state index contributed by atoms with van der Waals surface area (Å²) in [5.41, 5.74) is 13.5. The highest BCUT2D eigenvalue weighted by molar-refractivity contribution is 6.30. The van der Waals surface area contributed by atoms with Crippen LogP contribution in [-0.4, -0.2) is 41.9 Å². The molecule has 1 unspecified atom stereocenters. The second-order valence-electron chi connectivity index (χ2n) is 8.51. The molecule has 2 amide bonds. The number of H-pyrrole nitrogens is 1. The number of carbonyl (C=O) groups is 2. The number of benzene rings is 3. The Labute approximate surface area is 215 Å². The molecule has 8 heteroatoms. The summed E-state index contributed by atoms with van der Waals surface area (Å²) in [6.07, 6.45) is 2.45. The molecule has 36 heavy (non-hydrogen) atoms. The third-order valence-electron chi connectivity index (χ3n) is 6.45. The van der Waals surface area contributed by atoms with Crippen LogP contribution in [0.3, 0.4) is 0 Å². The van der Waals surface area contributed by atoms with Crippen LogP contribution >= 0.6 is 11.6 Å². The molecule has 3 aromatic carbocycles. The molecule has 1 aromatic heterocycles. The Morgan fingerprint density at radius 2 is 1.72 bits per heavy atom. The van der Waals surface area contributed by atoms with Gasteiger partial charge < -0.3 is 26.1 Å². The van der Waals surface area contributed by atoms with Gasteiger partial charge in [0.2, 0.25) is 5.91 Å². The molecule has 0 spiro atoms. The molecule has 5 N–H and O–H groups in total. The molecule has 0 bridgehead atoms. The van der Waals surface area contributed by atoms with E-state index in [-0.39, 0.29) is 25.4 Å². The van der Waals surface area contributed by atoms with Gasteiger partial charge in [-0.1, -0.05) is 54.1 Å². The van der Waals surface area contributed by atoms with E-state index < -0.39 is 11.4 Å². The van der Waals surface area contributed by atoms with Crippen LogP contribution in [0.1, 0.15) is 23.1 Å². The first-order valence-electron chi connectivity index (χ1n) is 11.7. The second-order valence-corrected chi connectivity index (χ2v) is 8.94. The Hall–Kier alpha value is -3.81. The minimum absolute atomic E-state index is 0.0666. The third-order valence-corrected chi connectivity index (χ3v) is 6.71. The fourth-order valence-corrected chi connectivity index (χ4v) is 4.85. The van der Waals surface area contributed by atoms with Gasteiger partial charge in [-0.25, -0.2) is 0 Å². The number of hydrogen-bond acceptors (Lipinski definition) is 4. The minimum atomic E-state index is -1.55. The van der Waals surface area contributed by atoms with E-state index in [0.717, 1.165) is 22.2 Å². The standard InChI is InChI=1S/C28H29ClN4O3/c1-36-23-11-12-25-24(17-23)19(18-32-25)14-16-33(26(34)13-15-30)28(27(31)35,20-5-3-2-4-6-20)21-7-9-22(29)10-8-21/h2-12,17-18,32H,13-16,30H2,1H3,(H2,31,35). The van der Waals surface area contributed by atoms with Crippen LogP contribution < -0.4 is 16.2 Å². The van der Waals surface area contributed by atoms with Gasteiger partial charge >= 0.3 is 0 Å². The highest BCUT2D eigenvalue weighted by atomic mass is 35.5. The van der Waals surface area contributed by atoms with E-state index in [1.807, 2.05) is 42.6 Å². The van der Waals surface area contributed by atoms with E-state index in [2.05, 4.69) is 4.98 Å². The predicted molar refractivity (Wildman–Crippen MR) is 142 cm³/mol. The molecule has 0 fully saturated rings. The summed E-state index contributed by atoms with van der Waals surface area (Å²) in [6.45, 7) is 0.368. The summed E-state index contributed by atoms with van der Waals surface area (Å²) in [4.78, 5) is 31.9. The molecule has 0 saturated carbocycles. The van der Waals surface area contributed by atoms with Gasteiger partial charge in [0, 0.05) is 41.6 Å². The maximum Gasteiger partial charge on any atom is 0.252 e. The van der Waals surface area contributed by atoms with Crippen molar-refractivity contribution < 1.29 is 14.3 Å². The maximum absolute atomic E-state index is 13.6. The highest BCUT2D eigenvalue weighted by Crippen LogP contribution is 2.38. The molecule has 0 saturated heterocycles. The lowest BCUT2D eigenvalue weighted by atomic mass is 9.79. The van der Waals surface area contributed by atoms with Crippen molar-refractivity contribution in [3.63, 3.8) is 0 Å². The summed E-state index contributed by atoms with van der Waals surface area (Å²) < 4.78 is 5.39. The van der Waals surface area contributed by atoms with Crippen molar-refractivity contribution in [1.82, 2.24) is 9.88 Å². The SMILES string of the molecule is COc1ccc2[nH]cc(CCN(C(=O)CCN)C(C(N)=O)(c3ccccc3)c3ccc(Cl)cc3)c2c1. The number of fused-ring (bicyclic) bond motifs is 1. The van der Waals surface area contributed by atoms with E-state index >= 15 is 0 Å². The second kappa shape index (κ2) is 10.8. The number of halogens is 1. The predicted octanol–water partition coefficient (Wildman–Crippen LogP) is 3.98. The summed E-state index contributed by atoms with van der Waals surface area (Å²) in [5.74, 6) is -0.203. The number of ether oxygens (including phenoxy) is 1. The number of amides is 2. The Morgan fingerprint density at radius 3 is 2.36 bits per heavy atom. The Kier molecular flexibility index (Phi) is 7.62. The van der Waals surface area contributed by atoms with Gasteiger partial charge in [-0.05, 0) is 53.4 Å². The monoisotopic (exact) mass is 504 g/mol. The van der Waals surface area contributed by atoms with Crippen molar-refractivity contribution in [2.45, 2.75) is 18.4 Å². The van der Waals surface area contributed by atoms with Gasteiger partial charge in [-0.2, -0.15) is 0 Å². The largest absolute Gasteiger partial charge is 0.497 e. The van der Waals surface area contributed by atoms with Gasteiger partial charge in [0.25, 0.3) is 5.91 Å². The summed E-state index contributed by atoms with van der Waals surface area (Å²) >= 11 is 6.16. The molecular weight excluding hydrogens is 476 g/mol. The van der Waals surface area contributed by atoms with Crippen LogP contribution in [0.2, 0.25) is 5.02 Å². The van der Waals surface area contributed by atoms with Gasteiger partial charge in [0.1, 0.15) is 5.75 Å². The fourth-order valence-electron chi connectivity index (χ4n) is 4.73. The number of primary amides is 1. The zero-order valence-corrected chi connectivity index (χ0v) is 20.8. The number of nitrogens with two attached hydrogens (primary N) is 2. The molecule has 7 nitrogen and oxygen atoms in total. The topological polar surface area (TPSA) is 114 Å². The molecule has 1 atom stereocenters. The highest BCUT2D eigenvalue weighted by Gasteiger charge is 2.48. The normalized spacial score (nSPS) is 12.8. The number of carbonyl (C=O) groups excluding carboxylic acids is 2. The first-order valence-corrected chi connectivity index (χ1v) is 12.1. The first-order chi connectivity index (χ1) is 17.4. The van der Waals surface area contributed by atoms with Gasteiger partial charge in [0.05, 0.1) is 7.11 Å². The summed E-state index contributed by atoms with van der Waals surface area (Å²) in [6, 6.07) is 21.7. The average Bonchev–Trinajstić information content (AvgIpc) is 3.29. The number of rotatable bonds is 10. The molecule has 4 aromatic rings. The average molecular weight is 505 g/mol. The molecular formula is C28H29ClN4O3. The third kappa shape index (κ3) is 4.67. The number of aromatic amines is 1. The van der Waals surface area contributed by atoms with E-state index in [1.165, 1.54) is 0 Å². The smallest absolute Gasteiger partial charge is 0.252 e. The van der Waals surface area contributed by atoms with Crippen LogP contribution in [0, 0.1) is 0 Å². The fraction of sp³-hybridized carbons (Fsp3) is 0.214. The van der Waals surface area contributed by atoms with Crippen molar-refractivity contribution in [2.75, 3.05) is 20.2 Å². The van der Waals surface area contributed by atoms with E-state index in [0.29, 0.717) is 22.6 Å². The lowest BCUT2D eigenvalue weighted by Crippen LogP contribution is -2.58. The summed E-state index contributed by atoms with van der Waals surface area (Å²) in [7, 11) is 1.62. The van der Waals surface area contributed by atoms with E-state index in [4.69, 9.17) is 27.8 Å². The number of methoxy groups -OCH3 is 1. The lowest BCUT2D eigenvalue weighted by Gasteiger charge is -2.42. The number of aromatic nitrogens is 1. The molecule has 4 rings (SSSR count). The molecule has 186 valence electrons. The number of hydrogen-bond donors (Lipinski definition) is 3. The van der Waals surface area contributed by atoms with Crippen molar-refractivity contribution in [1.29, 1.82) is 0 Å². The quantitative estimate of drug-likeness (QED) is 0.303. The number of nitrogens with zero attached hydrogens (tertiary/aromatic N) is 1. The van der Waals surface area contributed by atoms with Crippen molar-refractivity contribution in [3.8, 4) is 5.75 Å². The van der Waals surface area contributed by atoms with Crippen LogP contribution in [0.5, 0.6) is 5.75 Å². The molecule has 1 heterocycles. The molecule has 0 aliphatic heterocycles. The summed E-state index contributed by atoms with van der Waals surface area (Å²) in [5, 5.41) is 1.49. The molecule has 0 radical (unpaired) electrons. The van der Waals surface area contributed by atoms with Gasteiger partial charge in [0.15, 0.2) is 5.54 Å². The number of nitrogens with one attached hydrogen (secondary N) is 1. The Balaban J connectivity index is 1.85. The Morgan fingerprint density at radius 1 is 1.03 bits per heavy atom. The minimum Gasteiger partial charge on any atom is -0.497 e. The van der Waals surface area contributed by atoms with Crippen LogP contribution in [0.4, 0.5) is 0 Å². The van der Waals surface area contributed by atoms with Crippen molar-refractivity contribution >= 4 is 34.3 Å². The van der Waals surface area contributed by atoms with Crippen molar-refractivity contribution in [2.24, 2.45) is 11.5 Å². The Bertz CT molecular complexity index is 1350. The molecule has 0 aliphatic rings. The lowest BCUT2D eigenvalue weighted by molar-refractivity contribution is -0.144. The maximum atomic E-state index is 13.6. The van der Waals surface area contributed by atoms with E-state index in [1.54, 1.807) is 48.4 Å². The van der Waals surface area contributed by atoms with Crippen molar-refractivity contribution in [3.05, 3.63) is 101 Å².